The predicted molar refractivity (Wildman–Crippen MR) is 69.2 cm³/mol. The van der Waals surface area contributed by atoms with Crippen molar-refractivity contribution in [3.05, 3.63) is 29.8 Å². The van der Waals surface area contributed by atoms with Gasteiger partial charge < -0.3 is 14.7 Å². The fourth-order valence-electron chi connectivity index (χ4n) is 2.49. The van der Waals surface area contributed by atoms with Crippen molar-refractivity contribution in [1.29, 1.82) is 0 Å². The molecular formula is C14H16F3NO3. The molecule has 1 aliphatic rings. The monoisotopic (exact) mass is 303 g/mol. The van der Waals surface area contributed by atoms with Crippen LogP contribution < -0.4 is 4.74 Å². The summed E-state index contributed by atoms with van der Waals surface area (Å²) in [6.45, 7) is 1.02. The van der Waals surface area contributed by atoms with E-state index in [1.807, 2.05) is 0 Å². The summed E-state index contributed by atoms with van der Waals surface area (Å²) in [4.78, 5) is 12.2. The van der Waals surface area contributed by atoms with E-state index in [9.17, 15) is 18.0 Å². The molecule has 1 aromatic rings. The lowest BCUT2D eigenvalue weighted by atomic mass is 9.90. The number of ether oxygens (including phenoxy) is 1. The van der Waals surface area contributed by atoms with E-state index >= 15 is 0 Å². The molecular weight excluding hydrogens is 287 g/mol. The second-order valence-corrected chi connectivity index (χ2v) is 5.11. The Morgan fingerprint density at radius 1 is 1.24 bits per heavy atom. The molecule has 1 amide bonds. The van der Waals surface area contributed by atoms with Gasteiger partial charge in [0.05, 0.1) is 0 Å². The van der Waals surface area contributed by atoms with Gasteiger partial charge in [0, 0.05) is 13.1 Å². The Morgan fingerprint density at radius 3 is 2.29 bits per heavy atom. The number of hydrogen-bond donors (Lipinski definition) is 1. The van der Waals surface area contributed by atoms with Crippen molar-refractivity contribution in [3.8, 4) is 5.75 Å². The minimum Gasteiger partial charge on any atom is -0.465 e. The van der Waals surface area contributed by atoms with Crippen molar-refractivity contribution in [2.45, 2.75) is 25.6 Å². The zero-order chi connectivity index (χ0) is 15.5. The molecule has 0 spiro atoms. The van der Waals surface area contributed by atoms with Gasteiger partial charge in [-0.25, -0.2) is 4.79 Å². The SMILES string of the molecule is O=C(O)N1CCC(Cc2ccc(OC(F)(F)F)cc2)CC1. The Hall–Kier alpha value is -1.92. The Labute approximate surface area is 120 Å². The molecule has 1 saturated heterocycles. The fourth-order valence-corrected chi connectivity index (χ4v) is 2.49. The Morgan fingerprint density at radius 2 is 1.81 bits per heavy atom. The third kappa shape index (κ3) is 4.84. The highest BCUT2D eigenvalue weighted by molar-refractivity contribution is 5.64. The molecule has 0 saturated carbocycles. The maximum Gasteiger partial charge on any atom is 0.573 e. The maximum absolute atomic E-state index is 12.0. The second-order valence-electron chi connectivity index (χ2n) is 5.11. The van der Waals surface area contributed by atoms with Gasteiger partial charge in [-0.1, -0.05) is 12.1 Å². The number of benzene rings is 1. The largest absolute Gasteiger partial charge is 0.573 e. The van der Waals surface area contributed by atoms with Crippen LogP contribution in [-0.2, 0) is 6.42 Å². The van der Waals surface area contributed by atoms with E-state index < -0.39 is 12.5 Å². The number of likely N-dealkylation sites (tertiary alicyclic amines) is 1. The molecule has 0 aromatic heterocycles. The Kier molecular flexibility index (Phi) is 4.59. The molecule has 1 N–H and O–H groups in total. The van der Waals surface area contributed by atoms with Gasteiger partial charge in [0.15, 0.2) is 0 Å². The zero-order valence-corrected chi connectivity index (χ0v) is 11.3. The van der Waals surface area contributed by atoms with E-state index in [-0.39, 0.29) is 5.75 Å². The van der Waals surface area contributed by atoms with Crippen molar-refractivity contribution in [2.24, 2.45) is 5.92 Å². The van der Waals surface area contributed by atoms with Crippen LogP contribution in [0.4, 0.5) is 18.0 Å². The van der Waals surface area contributed by atoms with E-state index in [4.69, 9.17) is 5.11 Å². The van der Waals surface area contributed by atoms with E-state index in [1.165, 1.54) is 17.0 Å². The summed E-state index contributed by atoms with van der Waals surface area (Å²) in [5, 5.41) is 8.86. The van der Waals surface area contributed by atoms with Crippen molar-refractivity contribution in [3.63, 3.8) is 0 Å². The topological polar surface area (TPSA) is 49.8 Å². The number of piperidine rings is 1. The van der Waals surface area contributed by atoms with E-state index in [0.717, 1.165) is 24.8 Å². The van der Waals surface area contributed by atoms with E-state index in [2.05, 4.69) is 4.74 Å². The van der Waals surface area contributed by atoms with Crippen LogP contribution in [0.15, 0.2) is 24.3 Å². The second kappa shape index (κ2) is 6.24. The summed E-state index contributed by atoms with van der Waals surface area (Å²) in [6, 6.07) is 5.83. The highest BCUT2D eigenvalue weighted by atomic mass is 19.4. The summed E-state index contributed by atoms with van der Waals surface area (Å²) in [5.41, 5.74) is 0.929. The van der Waals surface area contributed by atoms with Gasteiger partial charge in [-0.3, -0.25) is 0 Å². The Bertz CT molecular complexity index is 479. The molecule has 0 atom stereocenters. The van der Waals surface area contributed by atoms with Gasteiger partial charge in [0.1, 0.15) is 5.75 Å². The molecule has 0 radical (unpaired) electrons. The number of nitrogens with zero attached hydrogens (tertiary/aromatic N) is 1. The molecule has 2 rings (SSSR count). The molecule has 0 unspecified atom stereocenters. The summed E-state index contributed by atoms with van der Waals surface area (Å²) in [7, 11) is 0. The van der Waals surface area contributed by atoms with Gasteiger partial charge in [0.25, 0.3) is 0 Å². The molecule has 21 heavy (non-hydrogen) atoms. The van der Waals surface area contributed by atoms with Crippen LogP contribution in [-0.4, -0.2) is 35.6 Å². The molecule has 1 aliphatic heterocycles. The first-order chi connectivity index (χ1) is 9.83. The molecule has 1 aromatic carbocycles. The molecule has 1 fully saturated rings. The van der Waals surface area contributed by atoms with Crippen LogP contribution in [0.1, 0.15) is 18.4 Å². The lowest BCUT2D eigenvalue weighted by molar-refractivity contribution is -0.274. The molecule has 4 nitrogen and oxygen atoms in total. The smallest absolute Gasteiger partial charge is 0.465 e. The third-order valence-corrected chi connectivity index (χ3v) is 3.57. The van der Waals surface area contributed by atoms with Crippen molar-refractivity contribution in [2.75, 3.05) is 13.1 Å². The van der Waals surface area contributed by atoms with Crippen LogP contribution in [0.2, 0.25) is 0 Å². The van der Waals surface area contributed by atoms with Gasteiger partial charge in [0.2, 0.25) is 0 Å². The normalized spacial score (nSPS) is 16.8. The highest BCUT2D eigenvalue weighted by Crippen LogP contribution is 2.25. The molecule has 0 aliphatic carbocycles. The van der Waals surface area contributed by atoms with E-state index in [0.29, 0.717) is 19.0 Å². The lowest BCUT2D eigenvalue weighted by Gasteiger charge is -2.30. The zero-order valence-electron chi connectivity index (χ0n) is 11.3. The first-order valence-electron chi connectivity index (χ1n) is 6.66. The van der Waals surface area contributed by atoms with Crippen molar-refractivity contribution < 1.29 is 27.8 Å². The lowest BCUT2D eigenvalue weighted by Crippen LogP contribution is -2.37. The molecule has 1 heterocycles. The first-order valence-corrected chi connectivity index (χ1v) is 6.66. The van der Waals surface area contributed by atoms with Crippen LogP contribution in [0.5, 0.6) is 5.75 Å². The first kappa shape index (κ1) is 15.5. The number of alkyl halides is 3. The number of amides is 1. The van der Waals surface area contributed by atoms with Gasteiger partial charge in [-0.05, 0) is 42.9 Å². The summed E-state index contributed by atoms with van der Waals surface area (Å²) >= 11 is 0. The predicted octanol–water partition coefficient (Wildman–Crippen LogP) is 3.52. The van der Waals surface area contributed by atoms with Crippen LogP contribution in [0.25, 0.3) is 0 Å². The Balaban J connectivity index is 1.85. The van der Waals surface area contributed by atoms with Crippen LogP contribution in [0, 0.1) is 5.92 Å². The quantitative estimate of drug-likeness (QED) is 0.929. The molecule has 0 bridgehead atoms. The highest BCUT2D eigenvalue weighted by Gasteiger charge is 2.31. The van der Waals surface area contributed by atoms with Crippen LogP contribution in [0.3, 0.4) is 0 Å². The van der Waals surface area contributed by atoms with Crippen molar-refractivity contribution in [1.82, 2.24) is 4.90 Å². The molecule has 7 heteroatoms. The number of rotatable bonds is 3. The van der Waals surface area contributed by atoms with E-state index in [1.54, 1.807) is 12.1 Å². The number of carboxylic acid groups (broad SMARTS) is 1. The minimum atomic E-state index is -4.68. The number of halogens is 3. The number of hydrogen-bond acceptors (Lipinski definition) is 2. The minimum absolute atomic E-state index is 0.230. The standard InChI is InChI=1S/C14H16F3NO3/c15-14(16,17)21-12-3-1-10(2-4-12)9-11-5-7-18(8-6-11)13(19)20/h1-4,11H,5-9H2,(H,19,20). The summed E-state index contributed by atoms with van der Waals surface area (Å²) in [5.74, 6) is 0.127. The number of carbonyl (C=O) groups is 1. The summed E-state index contributed by atoms with van der Waals surface area (Å²) < 4.78 is 39.9. The summed E-state index contributed by atoms with van der Waals surface area (Å²) in [6.07, 6.45) is -3.30. The maximum atomic E-state index is 12.0. The fraction of sp³-hybridized carbons (Fsp3) is 0.500. The van der Waals surface area contributed by atoms with Gasteiger partial charge in [-0.15, -0.1) is 13.2 Å². The average molecular weight is 303 g/mol. The van der Waals surface area contributed by atoms with Crippen molar-refractivity contribution >= 4 is 6.09 Å². The van der Waals surface area contributed by atoms with Gasteiger partial charge >= 0.3 is 12.5 Å². The third-order valence-electron chi connectivity index (χ3n) is 3.57. The average Bonchev–Trinajstić information content (AvgIpc) is 2.40. The molecule has 116 valence electrons. The van der Waals surface area contributed by atoms with Crippen LogP contribution >= 0.6 is 0 Å². The van der Waals surface area contributed by atoms with Gasteiger partial charge in [-0.2, -0.15) is 0 Å².